The molecule has 0 amide bonds. The highest BCUT2D eigenvalue weighted by atomic mass is 15.2. The molecule has 1 aliphatic carbocycles. The second-order valence-electron chi connectivity index (χ2n) is 5.35. The molecule has 0 radical (unpaired) electrons. The fraction of sp³-hybridized carbons (Fsp3) is 0.917. The average Bonchev–Trinajstić information content (AvgIpc) is 2.92. The van der Waals surface area contributed by atoms with Crippen LogP contribution in [0.5, 0.6) is 0 Å². The number of nitriles is 1. The van der Waals surface area contributed by atoms with Crippen LogP contribution in [-0.4, -0.2) is 36.1 Å². The van der Waals surface area contributed by atoms with E-state index in [1.54, 1.807) is 0 Å². The predicted octanol–water partition coefficient (Wildman–Crippen LogP) is 1.75. The number of nitrogens with zero attached hydrogens (tertiary/aromatic N) is 2. The van der Waals surface area contributed by atoms with Crippen molar-refractivity contribution in [3.8, 4) is 6.07 Å². The Morgan fingerprint density at radius 2 is 2.00 bits per heavy atom. The van der Waals surface area contributed by atoms with E-state index in [0.717, 1.165) is 25.7 Å². The van der Waals surface area contributed by atoms with Gasteiger partial charge in [-0.05, 0) is 33.6 Å². The second kappa shape index (κ2) is 5.48. The number of hydrogen-bond donors (Lipinski definition) is 1. The summed E-state index contributed by atoms with van der Waals surface area (Å²) < 4.78 is 0. The first-order valence-corrected chi connectivity index (χ1v) is 5.89. The Morgan fingerprint density at radius 1 is 1.33 bits per heavy atom. The lowest BCUT2D eigenvalue weighted by Gasteiger charge is -2.25. The van der Waals surface area contributed by atoms with E-state index in [-0.39, 0.29) is 5.54 Å². The van der Waals surface area contributed by atoms with Crippen LogP contribution in [0.4, 0.5) is 0 Å². The van der Waals surface area contributed by atoms with Gasteiger partial charge in [-0.1, -0.05) is 0 Å². The molecule has 1 rings (SSSR count). The van der Waals surface area contributed by atoms with E-state index in [2.05, 4.69) is 37.1 Å². The van der Waals surface area contributed by atoms with Gasteiger partial charge in [0.15, 0.2) is 0 Å². The molecule has 1 saturated carbocycles. The van der Waals surface area contributed by atoms with Crippen molar-refractivity contribution < 1.29 is 0 Å². The number of rotatable bonds is 6. The zero-order valence-electron chi connectivity index (χ0n) is 10.2. The first-order valence-electron chi connectivity index (χ1n) is 5.89. The summed E-state index contributed by atoms with van der Waals surface area (Å²) in [6, 6.07) is 2.99. The molecule has 3 heteroatoms. The third-order valence-electron chi connectivity index (χ3n) is 2.63. The minimum Gasteiger partial charge on any atom is -0.311 e. The largest absolute Gasteiger partial charge is 0.311 e. The van der Waals surface area contributed by atoms with Crippen molar-refractivity contribution in [1.29, 1.82) is 5.26 Å². The molecule has 0 heterocycles. The second-order valence-corrected chi connectivity index (χ2v) is 5.35. The number of nitrogens with one attached hydrogen (secondary N) is 1. The lowest BCUT2D eigenvalue weighted by atomic mass is 10.1. The van der Waals surface area contributed by atoms with E-state index >= 15 is 0 Å². The monoisotopic (exact) mass is 209 g/mol. The molecule has 0 aromatic rings. The SMILES string of the molecule is CC(C)(C)NCCN(CCC#N)C1CC1. The topological polar surface area (TPSA) is 39.1 Å². The molecule has 0 unspecified atom stereocenters. The van der Waals surface area contributed by atoms with Gasteiger partial charge in [-0.25, -0.2) is 0 Å². The minimum atomic E-state index is 0.199. The van der Waals surface area contributed by atoms with Gasteiger partial charge < -0.3 is 5.32 Å². The molecular formula is C12H23N3. The lowest BCUT2D eigenvalue weighted by Crippen LogP contribution is -2.42. The molecule has 15 heavy (non-hydrogen) atoms. The predicted molar refractivity (Wildman–Crippen MR) is 62.6 cm³/mol. The Kier molecular flexibility index (Phi) is 4.56. The van der Waals surface area contributed by atoms with Gasteiger partial charge in [-0.3, -0.25) is 4.90 Å². The first-order chi connectivity index (χ1) is 7.03. The summed E-state index contributed by atoms with van der Waals surface area (Å²) in [5, 5.41) is 12.1. The standard InChI is InChI=1S/C12H23N3/c1-12(2,3)14-8-10-15(9-4-7-13)11-5-6-11/h11,14H,4-6,8-10H2,1-3H3. The Hall–Kier alpha value is -0.590. The van der Waals surface area contributed by atoms with E-state index in [4.69, 9.17) is 5.26 Å². The summed E-state index contributed by atoms with van der Waals surface area (Å²) in [6.45, 7) is 9.58. The summed E-state index contributed by atoms with van der Waals surface area (Å²) in [6.07, 6.45) is 3.30. The fourth-order valence-electron chi connectivity index (χ4n) is 1.68. The maximum atomic E-state index is 8.58. The Labute approximate surface area is 93.5 Å². The van der Waals surface area contributed by atoms with E-state index in [1.807, 2.05) is 0 Å². The smallest absolute Gasteiger partial charge is 0.0635 e. The lowest BCUT2D eigenvalue weighted by molar-refractivity contribution is 0.257. The highest BCUT2D eigenvalue weighted by Crippen LogP contribution is 2.26. The molecule has 1 aliphatic rings. The molecule has 3 nitrogen and oxygen atoms in total. The quantitative estimate of drug-likeness (QED) is 0.724. The van der Waals surface area contributed by atoms with E-state index < -0.39 is 0 Å². The minimum absolute atomic E-state index is 0.199. The summed E-state index contributed by atoms with van der Waals surface area (Å²) in [5.74, 6) is 0. The van der Waals surface area contributed by atoms with E-state index in [1.165, 1.54) is 12.8 Å². The molecule has 0 bridgehead atoms. The Bertz CT molecular complexity index is 220. The van der Waals surface area contributed by atoms with Crippen LogP contribution >= 0.6 is 0 Å². The maximum Gasteiger partial charge on any atom is 0.0635 e. The van der Waals surface area contributed by atoms with Crippen LogP contribution in [0.1, 0.15) is 40.0 Å². The van der Waals surface area contributed by atoms with Crippen molar-refractivity contribution in [2.45, 2.75) is 51.6 Å². The molecule has 86 valence electrons. The van der Waals surface area contributed by atoms with Crippen LogP contribution in [0, 0.1) is 11.3 Å². The average molecular weight is 209 g/mol. The van der Waals surface area contributed by atoms with Gasteiger partial charge in [-0.15, -0.1) is 0 Å². The fourth-order valence-corrected chi connectivity index (χ4v) is 1.68. The highest BCUT2D eigenvalue weighted by molar-refractivity contribution is 4.87. The van der Waals surface area contributed by atoms with Gasteiger partial charge in [0.2, 0.25) is 0 Å². The Balaban J connectivity index is 2.17. The van der Waals surface area contributed by atoms with E-state index in [9.17, 15) is 0 Å². The highest BCUT2D eigenvalue weighted by Gasteiger charge is 2.28. The number of hydrogen-bond acceptors (Lipinski definition) is 3. The summed E-state index contributed by atoms with van der Waals surface area (Å²) in [5.41, 5.74) is 0.199. The molecule has 0 spiro atoms. The Morgan fingerprint density at radius 3 is 2.47 bits per heavy atom. The van der Waals surface area contributed by atoms with Crippen LogP contribution in [0.3, 0.4) is 0 Å². The van der Waals surface area contributed by atoms with Crippen molar-refractivity contribution in [3.05, 3.63) is 0 Å². The van der Waals surface area contributed by atoms with Gasteiger partial charge in [-0.2, -0.15) is 5.26 Å². The van der Waals surface area contributed by atoms with Crippen molar-refractivity contribution in [1.82, 2.24) is 10.2 Å². The van der Waals surface area contributed by atoms with Crippen molar-refractivity contribution in [2.75, 3.05) is 19.6 Å². The van der Waals surface area contributed by atoms with Crippen LogP contribution in [0.2, 0.25) is 0 Å². The van der Waals surface area contributed by atoms with Crippen molar-refractivity contribution in [2.24, 2.45) is 0 Å². The summed E-state index contributed by atoms with van der Waals surface area (Å²) in [7, 11) is 0. The molecular weight excluding hydrogens is 186 g/mol. The van der Waals surface area contributed by atoms with Crippen molar-refractivity contribution >= 4 is 0 Å². The van der Waals surface area contributed by atoms with Crippen LogP contribution in [-0.2, 0) is 0 Å². The molecule has 1 N–H and O–H groups in total. The zero-order chi connectivity index (χ0) is 11.3. The summed E-state index contributed by atoms with van der Waals surface area (Å²) in [4.78, 5) is 2.45. The first kappa shape index (κ1) is 12.5. The van der Waals surface area contributed by atoms with Crippen LogP contribution in [0.25, 0.3) is 0 Å². The van der Waals surface area contributed by atoms with E-state index in [0.29, 0.717) is 6.42 Å². The molecule has 1 fully saturated rings. The third-order valence-corrected chi connectivity index (χ3v) is 2.63. The molecule has 0 aromatic heterocycles. The van der Waals surface area contributed by atoms with Gasteiger partial charge in [0.25, 0.3) is 0 Å². The molecule has 0 saturated heterocycles. The summed E-state index contributed by atoms with van der Waals surface area (Å²) >= 11 is 0. The van der Waals surface area contributed by atoms with Gasteiger partial charge >= 0.3 is 0 Å². The van der Waals surface area contributed by atoms with Gasteiger partial charge in [0.1, 0.15) is 0 Å². The van der Waals surface area contributed by atoms with Crippen LogP contribution in [0.15, 0.2) is 0 Å². The third kappa shape index (κ3) is 5.76. The molecule has 0 aliphatic heterocycles. The van der Waals surface area contributed by atoms with Gasteiger partial charge in [0.05, 0.1) is 6.07 Å². The van der Waals surface area contributed by atoms with Crippen LogP contribution < -0.4 is 5.32 Å². The van der Waals surface area contributed by atoms with Crippen molar-refractivity contribution in [3.63, 3.8) is 0 Å². The molecule has 0 aromatic carbocycles. The normalized spacial score (nSPS) is 16.7. The molecule has 0 atom stereocenters. The zero-order valence-corrected chi connectivity index (χ0v) is 10.2. The van der Waals surface area contributed by atoms with Gasteiger partial charge in [0, 0.05) is 37.6 Å². The maximum absolute atomic E-state index is 8.58.